The van der Waals surface area contributed by atoms with Gasteiger partial charge >= 0.3 is 0 Å². The van der Waals surface area contributed by atoms with E-state index in [0.717, 1.165) is 101 Å². The molecule has 7 nitrogen and oxygen atoms in total. The number of hydrogen-bond donors (Lipinski definition) is 0. The highest BCUT2D eigenvalue weighted by Gasteiger charge is 2.52. The molecule has 2 spiro atoms. The first-order valence-corrected chi connectivity index (χ1v) is 36.9. The van der Waals surface area contributed by atoms with Crippen LogP contribution in [0.25, 0.3) is 124 Å². The molecule has 0 amide bonds. The highest BCUT2D eigenvalue weighted by molar-refractivity contribution is 7.99. The van der Waals surface area contributed by atoms with E-state index in [2.05, 4.69) is 282 Å². The monoisotopic (exact) mass is 1370 g/mol. The first-order chi connectivity index (χ1) is 51.1. The predicted octanol–water partition coefficient (Wildman–Crippen LogP) is 23.3. The van der Waals surface area contributed by atoms with Gasteiger partial charge in [-0.1, -0.05) is 254 Å². The van der Waals surface area contributed by atoms with Crippen LogP contribution in [-0.4, -0.2) is 34.9 Å². The Balaban J connectivity index is 0.685. The molecule has 4 aliphatic rings. The molecular formula is C95H63N7S2. The van der Waals surface area contributed by atoms with Crippen molar-refractivity contribution >= 4 is 23.5 Å². The Morgan fingerprint density at radius 3 is 1.36 bits per heavy atom. The second-order valence-corrected chi connectivity index (χ2v) is 29.8. The Morgan fingerprint density at radius 1 is 0.240 bits per heavy atom. The van der Waals surface area contributed by atoms with Crippen LogP contribution in [0, 0.1) is 27.7 Å². The lowest BCUT2D eigenvalue weighted by Crippen LogP contribution is -2.32. The van der Waals surface area contributed by atoms with Crippen LogP contribution >= 0.6 is 23.5 Å². The number of pyridine rings is 2. The van der Waals surface area contributed by atoms with Crippen molar-refractivity contribution in [2.75, 3.05) is 0 Å². The molecule has 20 rings (SSSR count). The Labute approximate surface area is 612 Å². The molecule has 0 radical (unpaired) electrons. The highest BCUT2D eigenvalue weighted by atomic mass is 32.2. The second kappa shape index (κ2) is 24.2. The van der Waals surface area contributed by atoms with Gasteiger partial charge in [-0.05, 0) is 194 Å². The van der Waals surface area contributed by atoms with E-state index >= 15 is 0 Å². The third-order valence-corrected chi connectivity index (χ3v) is 24.0. The number of aromatic nitrogens is 7. The van der Waals surface area contributed by atoms with Gasteiger partial charge in [-0.25, -0.2) is 24.9 Å². The number of rotatable bonds is 9. The summed E-state index contributed by atoms with van der Waals surface area (Å²) in [5.41, 5.74) is 32.3. The van der Waals surface area contributed by atoms with Crippen molar-refractivity contribution < 1.29 is 0 Å². The highest BCUT2D eigenvalue weighted by Crippen LogP contribution is 2.65. The van der Waals surface area contributed by atoms with Crippen LogP contribution in [0.5, 0.6) is 0 Å². The van der Waals surface area contributed by atoms with Gasteiger partial charge in [-0.2, -0.15) is 0 Å². The standard InChI is InChI=1S/C95H63N7S2/c1-56-46-57(2)97-55-74(56)65-40-45-82-89(52-65)104-88-37-20-15-32-79(88)94(82)77-31-14-13-29-69(77)73-49-67(41-44-78(73)94)92-100-91(61-24-9-6-10-25-61)101-93(102-92)72-30-12-11-28-68(72)62-26-21-27-63(48-62)75-53-96-54-76(59(75)4)64-38-42-70-71-43-39-66(85-47-58(3)98-90(99-85)60-22-7-5-8-23-60)51-84(71)95(83(70)50-64)80-33-16-18-35-86(80)103-87-36-19-17-34-81(87)95/h5-55H,1-4H3. The minimum atomic E-state index is -0.640. The fraction of sp³-hybridized carbons (Fsp3) is 0.0632. The lowest BCUT2D eigenvalue weighted by atomic mass is 9.67. The number of hydrogen-bond acceptors (Lipinski definition) is 9. The summed E-state index contributed by atoms with van der Waals surface area (Å²) in [5.74, 6) is 2.50. The van der Waals surface area contributed by atoms with E-state index < -0.39 is 10.8 Å². The third kappa shape index (κ3) is 9.57. The summed E-state index contributed by atoms with van der Waals surface area (Å²) in [7, 11) is 0. The maximum absolute atomic E-state index is 5.52. The van der Waals surface area contributed by atoms with Gasteiger partial charge in [0.05, 0.1) is 16.5 Å². The minimum absolute atomic E-state index is 0.573. The van der Waals surface area contributed by atoms with Crippen molar-refractivity contribution in [2.45, 2.75) is 58.1 Å². The van der Waals surface area contributed by atoms with E-state index in [1.54, 1.807) is 0 Å². The third-order valence-electron chi connectivity index (χ3n) is 21.7. The van der Waals surface area contributed by atoms with Crippen LogP contribution in [0.15, 0.2) is 329 Å². The van der Waals surface area contributed by atoms with E-state index in [9.17, 15) is 0 Å². The Hall–Kier alpha value is -12.3. The Kier molecular flexibility index (Phi) is 14.3. The predicted molar refractivity (Wildman–Crippen MR) is 422 cm³/mol. The summed E-state index contributed by atoms with van der Waals surface area (Å²) in [4.78, 5) is 41.2. The van der Waals surface area contributed by atoms with E-state index in [0.29, 0.717) is 17.5 Å². The normalized spacial score (nSPS) is 14.4. The maximum atomic E-state index is 5.52. The summed E-state index contributed by atoms with van der Waals surface area (Å²) in [6.07, 6.45) is 6.08. The number of nitrogens with zero attached hydrogens (tertiary/aromatic N) is 7. The molecule has 0 fully saturated rings. The molecule has 2 aliphatic heterocycles. The van der Waals surface area contributed by atoms with Gasteiger partial charge in [-0.3, -0.25) is 9.97 Å². The summed E-state index contributed by atoms with van der Waals surface area (Å²) in [5, 5.41) is 0. The molecule has 490 valence electrons. The minimum Gasteiger partial charge on any atom is -0.263 e. The second-order valence-electron chi connectivity index (χ2n) is 27.6. The number of fused-ring (bicyclic) bond motifs is 18. The molecule has 9 heteroatoms. The van der Waals surface area contributed by atoms with Gasteiger partial charge in [0.1, 0.15) is 0 Å². The van der Waals surface area contributed by atoms with Gasteiger partial charge in [0.15, 0.2) is 23.3 Å². The maximum Gasteiger partial charge on any atom is 0.164 e. The molecule has 2 aliphatic carbocycles. The number of benzene rings is 12. The lowest BCUT2D eigenvalue weighted by Gasteiger charge is -2.40. The van der Waals surface area contributed by atoms with Crippen LogP contribution in [0.4, 0.5) is 0 Å². The zero-order valence-electron chi connectivity index (χ0n) is 57.4. The molecule has 4 aromatic heterocycles. The van der Waals surface area contributed by atoms with Gasteiger partial charge in [0, 0.05) is 94.1 Å². The van der Waals surface area contributed by atoms with Gasteiger partial charge in [0.25, 0.3) is 0 Å². The fourth-order valence-electron chi connectivity index (χ4n) is 17.1. The van der Waals surface area contributed by atoms with Gasteiger partial charge in [0.2, 0.25) is 0 Å². The van der Waals surface area contributed by atoms with Crippen LogP contribution < -0.4 is 0 Å². The van der Waals surface area contributed by atoms with Crippen molar-refractivity contribution in [1.82, 2.24) is 34.9 Å². The zero-order valence-corrected chi connectivity index (χ0v) is 59.0. The number of aryl methyl sites for hydroxylation is 3. The summed E-state index contributed by atoms with van der Waals surface area (Å²) >= 11 is 3.71. The van der Waals surface area contributed by atoms with Gasteiger partial charge < -0.3 is 0 Å². The molecule has 6 heterocycles. The largest absolute Gasteiger partial charge is 0.263 e. The first-order valence-electron chi connectivity index (χ1n) is 35.3. The Morgan fingerprint density at radius 2 is 0.692 bits per heavy atom. The smallest absolute Gasteiger partial charge is 0.164 e. The molecule has 0 saturated heterocycles. The Bertz CT molecular complexity index is 6220. The molecule has 16 aromatic rings. The van der Waals surface area contributed by atoms with Crippen LogP contribution in [0.1, 0.15) is 67.0 Å². The quantitative estimate of drug-likeness (QED) is 0.140. The molecule has 1 atom stereocenters. The summed E-state index contributed by atoms with van der Waals surface area (Å²) < 4.78 is 0. The average Bonchev–Trinajstić information content (AvgIpc) is 1.44. The van der Waals surface area contributed by atoms with Crippen molar-refractivity contribution in [1.29, 1.82) is 0 Å². The van der Waals surface area contributed by atoms with Crippen LogP contribution in [0.2, 0.25) is 0 Å². The topological polar surface area (TPSA) is 90.2 Å². The molecule has 0 N–H and O–H groups in total. The summed E-state index contributed by atoms with van der Waals surface area (Å²) in [6.45, 7) is 8.54. The van der Waals surface area contributed by atoms with Crippen molar-refractivity contribution in [3.05, 3.63) is 377 Å². The molecular weight excluding hydrogens is 1300 g/mol. The molecule has 1 unspecified atom stereocenters. The average molecular weight is 1370 g/mol. The molecule has 12 aromatic carbocycles. The fourth-order valence-corrected chi connectivity index (χ4v) is 19.5. The van der Waals surface area contributed by atoms with Gasteiger partial charge in [-0.15, -0.1) is 0 Å². The van der Waals surface area contributed by atoms with E-state index in [-0.39, 0.29) is 0 Å². The SMILES string of the molecule is Cc1cc(C)c(-c2ccc3c(c2)Sc2ccccc2C32c3ccccc3-c3cc(-c4nc(-c5ccccc5)nc(-c5ccccc5-c5cccc(-c6cncc(-c7ccc8c(c7)C7(c9ccccc9Sc9ccccc97)c7cc(-c9cc(C)nc(-c%10ccccc%10)n9)ccc7-8)c6C)c5)n4)ccc32)cn1. The molecule has 104 heavy (non-hydrogen) atoms. The summed E-state index contributed by atoms with van der Waals surface area (Å²) in [6, 6.07) is 106. The van der Waals surface area contributed by atoms with E-state index in [1.165, 1.54) is 91.9 Å². The van der Waals surface area contributed by atoms with E-state index in [1.807, 2.05) is 78.5 Å². The molecule has 0 bridgehead atoms. The van der Waals surface area contributed by atoms with Crippen molar-refractivity contribution in [3.63, 3.8) is 0 Å². The van der Waals surface area contributed by atoms with Crippen molar-refractivity contribution in [2.24, 2.45) is 0 Å². The molecule has 0 saturated carbocycles. The van der Waals surface area contributed by atoms with E-state index in [4.69, 9.17) is 34.9 Å². The van der Waals surface area contributed by atoms with Crippen LogP contribution in [0.3, 0.4) is 0 Å². The first kappa shape index (κ1) is 61.6. The van der Waals surface area contributed by atoms with Crippen molar-refractivity contribution in [3.8, 4) is 124 Å². The van der Waals surface area contributed by atoms with Crippen LogP contribution in [-0.2, 0) is 10.8 Å². The zero-order chi connectivity index (χ0) is 69.4. The lowest BCUT2D eigenvalue weighted by molar-refractivity contribution is 0.722.